The Kier molecular flexibility index (Phi) is 4.76. The second-order valence-corrected chi connectivity index (χ2v) is 5.02. The molecule has 110 valence electrons. The van der Waals surface area contributed by atoms with Gasteiger partial charge in [-0.3, -0.25) is 0 Å². The molecule has 1 N–H and O–H groups in total. The maximum Gasteiger partial charge on any atom is 0.185 e. The fourth-order valence-electron chi connectivity index (χ4n) is 2.31. The highest BCUT2D eigenvalue weighted by atomic mass is 16.5. The third-order valence-corrected chi connectivity index (χ3v) is 3.40. The molecule has 1 unspecified atom stereocenters. The predicted octanol–water partition coefficient (Wildman–Crippen LogP) is 4.03. The summed E-state index contributed by atoms with van der Waals surface area (Å²) >= 11 is 0. The molecule has 0 aliphatic rings. The van der Waals surface area contributed by atoms with Crippen molar-refractivity contribution < 1.29 is 9.84 Å². The number of para-hydroxylation sites is 1. The Balaban J connectivity index is 2.47. The molecule has 0 aliphatic carbocycles. The summed E-state index contributed by atoms with van der Waals surface area (Å²) in [6.07, 6.45) is 0. The van der Waals surface area contributed by atoms with Gasteiger partial charge < -0.3 is 9.84 Å². The van der Waals surface area contributed by atoms with E-state index in [1.165, 1.54) is 0 Å². The summed E-state index contributed by atoms with van der Waals surface area (Å²) < 4.78 is 5.39. The Morgan fingerprint density at radius 3 is 2.38 bits per heavy atom. The minimum Gasteiger partial charge on any atom is -0.481 e. The second-order valence-electron chi connectivity index (χ2n) is 5.02. The van der Waals surface area contributed by atoms with E-state index < -0.39 is 5.60 Å². The van der Waals surface area contributed by atoms with Crippen LogP contribution in [0.3, 0.4) is 0 Å². The quantitative estimate of drug-likeness (QED) is 0.680. The van der Waals surface area contributed by atoms with Gasteiger partial charge in [-0.25, -0.2) is 4.99 Å². The Morgan fingerprint density at radius 2 is 1.71 bits per heavy atom. The molecule has 0 amide bonds. The van der Waals surface area contributed by atoms with Crippen LogP contribution in [0.2, 0.25) is 0 Å². The zero-order valence-corrected chi connectivity index (χ0v) is 12.7. The molecule has 3 heteroatoms. The summed E-state index contributed by atoms with van der Waals surface area (Å²) in [5.41, 5.74) is 1.21. The summed E-state index contributed by atoms with van der Waals surface area (Å²) in [7, 11) is 0. The zero-order valence-electron chi connectivity index (χ0n) is 12.7. The highest BCUT2D eigenvalue weighted by Crippen LogP contribution is 2.35. The third-order valence-electron chi connectivity index (χ3n) is 3.40. The first-order valence-electron chi connectivity index (χ1n) is 7.11. The first-order chi connectivity index (χ1) is 10.1. The van der Waals surface area contributed by atoms with E-state index in [2.05, 4.69) is 4.99 Å². The zero-order chi connectivity index (χ0) is 15.3. The van der Waals surface area contributed by atoms with E-state index in [0.29, 0.717) is 12.5 Å². The number of rotatable bonds is 4. The summed E-state index contributed by atoms with van der Waals surface area (Å²) in [4.78, 5) is 4.47. The van der Waals surface area contributed by atoms with Crippen molar-refractivity contribution in [1.82, 2.24) is 0 Å². The Morgan fingerprint density at radius 1 is 1.10 bits per heavy atom. The summed E-state index contributed by atoms with van der Waals surface area (Å²) in [5.74, 6) is 0.591. The maximum absolute atomic E-state index is 11.0. The van der Waals surface area contributed by atoms with E-state index in [-0.39, 0.29) is 0 Å². The molecule has 0 saturated carbocycles. The Labute approximate surface area is 125 Å². The molecule has 0 aliphatic heterocycles. The standard InChI is InChI=1S/C18H21NO2/c1-4-21-14(2)19-17-13-9-8-12-16(17)18(3,20)15-10-6-5-7-11-15/h5-13,20H,4H2,1-3H3. The van der Waals surface area contributed by atoms with Gasteiger partial charge in [0.15, 0.2) is 5.90 Å². The molecular formula is C18H21NO2. The van der Waals surface area contributed by atoms with Crippen molar-refractivity contribution in [2.45, 2.75) is 26.4 Å². The molecule has 0 heterocycles. The van der Waals surface area contributed by atoms with Crippen LogP contribution in [0.5, 0.6) is 0 Å². The normalized spacial score (nSPS) is 14.6. The van der Waals surface area contributed by atoms with Gasteiger partial charge >= 0.3 is 0 Å². The molecule has 2 aromatic rings. The summed E-state index contributed by atoms with van der Waals surface area (Å²) in [6.45, 7) is 6.10. The van der Waals surface area contributed by atoms with Gasteiger partial charge in [-0.05, 0) is 25.5 Å². The van der Waals surface area contributed by atoms with Crippen molar-refractivity contribution >= 4 is 11.6 Å². The van der Waals surface area contributed by atoms with E-state index in [1.54, 1.807) is 6.92 Å². The molecule has 21 heavy (non-hydrogen) atoms. The van der Waals surface area contributed by atoms with Gasteiger partial charge in [0, 0.05) is 12.5 Å². The third kappa shape index (κ3) is 3.50. The lowest BCUT2D eigenvalue weighted by Gasteiger charge is -2.26. The van der Waals surface area contributed by atoms with Crippen molar-refractivity contribution in [3.05, 3.63) is 65.7 Å². The SMILES string of the molecule is CCOC(C)=Nc1ccccc1C(C)(O)c1ccccc1. The summed E-state index contributed by atoms with van der Waals surface area (Å²) in [5, 5.41) is 11.0. The Hall–Kier alpha value is -2.13. The fraction of sp³-hybridized carbons (Fsp3) is 0.278. The van der Waals surface area contributed by atoms with Crippen molar-refractivity contribution in [2.24, 2.45) is 4.99 Å². The molecule has 1 atom stereocenters. The lowest BCUT2D eigenvalue weighted by molar-refractivity contribution is 0.103. The van der Waals surface area contributed by atoms with Gasteiger partial charge in [0.2, 0.25) is 0 Å². The predicted molar refractivity (Wildman–Crippen MR) is 86.0 cm³/mol. The Bertz CT molecular complexity index is 618. The molecule has 0 fully saturated rings. The molecule has 0 bridgehead atoms. The molecule has 0 radical (unpaired) electrons. The average Bonchev–Trinajstić information content (AvgIpc) is 2.49. The van der Waals surface area contributed by atoms with E-state index in [9.17, 15) is 5.11 Å². The second kappa shape index (κ2) is 6.55. The first-order valence-corrected chi connectivity index (χ1v) is 7.11. The number of nitrogens with zero attached hydrogens (tertiary/aromatic N) is 1. The molecule has 0 spiro atoms. The van der Waals surface area contributed by atoms with Crippen LogP contribution in [-0.4, -0.2) is 17.6 Å². The van der Waals surface area contributed by atoms with Gasteiger partial charge in [0.05, 0.1) is 12.3 Å². The van der Waals surface area contributed by atoms with Crippen LogP contribution in [0, 0.1) is 0 Å². The maximum atomic E-state index is 11.0. The van der Waals surface area contributed by atoms with Crippen LogP contribution >= 0.6 is 0 Å². The van der Waals surface area contributed by atoms with Crippen molar-refractivity contribution in [3.8, 4) is 0 Å². The minimum absolute atomic E-state index is 0.576. The molecule has 0 saturated heterocycles. The number of benzene rings is 2. The minimum atomic E-state index is -1.10. The monoisotopic (exact) mass is 283 g/mol. The lowest BCUT2D eigenvalue weighted by Crippen LogP contribution is -2.22. The van der Waals surface area contributed by atoms with Gasteiger partial charge in [-0.15, -0.1) is 0 Å². The molecule has 2 aromatic carbocycles. The van der Waals surface area contributed by atoms with Gasteiger partial charge in [0.1, 0.15) is 5.60 Å². The van der Waals surface area contributed by atoms with Crippen LogP contribution < -0.4 is 0 Å². The van der Waals surface area contributed by atoms with E-state index in [4.69, 9.17) is 4.74 Å². The van der Waals surface area contributed by atoms with Crippen LogP contribution in [0.4, 0.5) is 5.69 Å². The van der Waals surface area contributed by atoms with Crippen molar-refractivity contribution in [2.75, 3.05) is 6.61 Å². The lowest BCUT2D eigenvalue weighted by atomic mass is 9.87. The van der Waals surface area contributed by atoms with Crippen molar-refractivity contribution in [1.29, 1.82) is 0 Å². The number of aliphatic imine (C=N–C) groups is 1. The number of ether oxygens (including phenoxy) is 1. The summed E-state index contributed by atoms with van der Waals surface area (Å²) in [6, 6.07) is 17.2. The number of hydrogen-bond acceptors (Lipinski definition) is 3. The largest absolute Gasteiger partial charge is 0.481 e. The van der Waals surface area contributed by atoms with E-state index in [0.717, 1.165) is 16.8 Å². The van der Waals surface area contributed by atoms with Crippen LogP contribution in [-0.2, 0) is 10.3 Å². The molecular weight excluding hydrogens is 262 g/mol. The topological polar surface area (TPSA) is 41.8 Å². The smallest absolute Gasteiger partial charge is 0.185 e. The fourth-order valence-corrected chi connectivity index (χ4v) is 2.31. The van der Waals surface area contributed by atoms with Gasteiger partial charge in [-0.2, -0.15) is 0 Å². The highest BCUT2D eigenvalue weighted by molar-refractivity contribution is 5.77. The number of aliphatic hydroxyl groups is 1. The molecule has 0 aromatic heterocycles. The van der Waals surface area contributed by atoms with Crippen LogP contribution in [0.1, 0.15) is 31.9 Å². The van der Waals surface area contributed by atoms with Gasteiger partial charge in [0.25, 0.3) is 0 Å². The molecule has 2 rings (SSSR count). The van der Waals surface area contributed by atoms with E-state index >= 15 is 0 Å². The van der Waals surface area contributed by atoms with Gasteiger partial charge in [-0.1, -0.05) is 48.5 Å². The van der Waals surface area contributed by atoms with Crippen LogP contribution in [0.25, 0.3) is 0 Å². The molecule has 3 nitrogen and oxygen atoms in total. The first kappa shape index (κ1) is 15.3. The van der Waals surface area contributed by atoms with Crippen molar-refractivity contribution in [3.63, 3.8) is 0 Å². The average molecular weight is 283 g/mol. The van der Waals surface area contributed by atoms with E-state index in [1.807, 2.05) is 68.4 Å². The number of hydrogen-bond donors (Lipinski definition) is 1. The highest BCUT2D eigenvalue weighted by Gasteiger charge is 2.27. The van der Waals surface area contributed by atoms with Crippen LogP contribution in [0.15, 0.2) is 59.6 Å².